The van der Waals surface area contributed by atoms with Gasteiger partial charge in [0.05, 0.1) is 23.9 Å². The molecule has 160 valence electrons. The highest BCUT2D eigenvalue weighted by atomic mass is 127. The lowest BCUT2D eigenvalue weighted by atomic mass is 9.93. The summed E-state index contributed by atoms with van der Waals surface area (Å²) in [4.78, 5) is 11.4. The zero-order valence-corrected chi connectivity index (χ0v) is 20.3. The van der Waals surface area contributed by atoms with Crippen LogP contribution >= 0.6 is 24.0 Å². The van der Waals surface area contributed by atoms with Crippen molar-refractivity contribution in [3.63, 3.8) is 0 Å². The number of sulfone groups is 1. The zero-order valence-electron chi connectivity index (χ0n) is 17.1. The highest BCUT2D eigenvalue weighted by Gasteiger charge is 2.31. The SMILES string of the molecule is CC(C)CN=C(NCC1CCS(=O)(=O)C1)N1CCC(C)C(n2ccnc2)C1.I. The Morgan fingerprint density at radius 3 is 2.75 bits per heavy atom. The van der Waals surface area contributed by atoms with E-state index in [0.717, 1.165) is 38.4 Å². The first-order valence-electron chi connectivity index (χ1n) is 10.0. The summed E-state index contributed by atoms with van der Waals surface area (Å²) in [6, 6.07) is 0.374. The number of hydrogen-bond acceptors (Lipinski definition) is 4. The van der Waals surface area contributed by atoms with Crippen molar-refractivity contribution in [3.05, 3.63) is 18.7 Å². The minimum absolute atomic E-state index is 0. The summed E-state index contributed by atoms with van der Waals surface area (Å²) in [5, 5.41) is 3.49. The molecule has 9 heteroatoms. The molecular formula is C19H34IN5O2S. The molecule has 0 aromatic carbocycles. The minimum atomic E-state index is -2.84. The number of halogens is 1. The Labute approximate surface area is 186 Å². The van der Waals surface area contributed by atoms with E-state index in [0.29, 0.717) is 35.9 Å². The Bertz CT molecular complexity index is 736. The molecule has 3 rings (SSSR count). The molecule has 0 spiro atoms. The van der Waals surface area contributed by atoms with Gasteiger partial charge in [0.1, 0.15) is 0 Å². The third kappa shape index (κ3) is 6.33. The number of rotatable bonds is 5. The van der Waals surface area contributed by atoms with E-state index in [4.69, 9.17) is 4.99 Å². The summed E-state index contributed by atoms with van der Waals surface area (Å²) < 4.78 is 25.7. The number of aliphatic imine (C=N–C) groups is 1. The van der Waals surface area contributed by atoms with Crippen molar-refractivity contribution >= 4 is 39.8 Å². The van der Waals surface area contributed by atoms with Gasteiger partial charge in [-0.05, 0) is 30.6 Å². The smallest absolute Gasteiger partial charge is 0.194 e. The summed E-state index contributed by atoms with van der Waals surface area (Å²) in [5.74, 6) is 2.80. The second-order valence-electron chi connectivity index (χ2n) is 8.50. The molecule has 1 aromatic heterocycles. The van der Waals surface area contributed by atoms with E-state index in [9.17, 15) is 8.42 Å². The molecule has 28 heavy (non-hydrogen) atoms. The van der Waals surface area contributed by atoms with E-state index in [1.807, 2.05) is 18.7 Å². The number of piperidine rings is 1. The highest BCUT2D eigenvalue weighted by Crippen LogP contribution is 2.27. The average molecular weight is 523 g/mol. The zero-order chi connectivity index (χ0) is 19.4. The average Bonchev–Trinajstić information content (AvgIpc) is 3.25. The molecule has 2 fully saturated rings. The molecule has 3 atom stereocenters. The second kappa shape index (κ2) is 10.3. The Kier molecular flexibility index (Phi) is 8.60. The van der Waals surface area contributed by atoms with Crippen LogP contribution < -0.4 is 5.32 Å². The maximum absolute atomic E-state index is 11.7. The topological polar surface area (TPSA) is 79.6 Å². The number of guanidine groups is 1. The molecule has 2 saturated heterocycles. The van der Waals surface area contributed by atoms with Crippen LogP contribution in [-0.4, -0.2) is 66.5 Å². The molecular weight excluding hydrogens is 489 g/mol. The van der Waals surface area contributed by atoms with Gasteiger partial charge in [0.2, 0.25) is 0 Å². The third-order valence-corrected chi connectivity index (χ3v) is 7.44. The van der Waals surface area contributed by atoms with E-state index < -0.39 is 9.84 Å². The predicted molar refractivity (Wildman–Crippen MR) is 124 cm³/mol. The first-order valence-corrected chi connectivity index (χ1v) is 11.9. The number of nitrogens with one attached hydrogen (secondary N) is 1. The van der Waals surface area contributed by atoms with Gasteiger partial charge in [0, 0.05) is 38.6 Å². The largest absolute Gasteiger partial charge is 0.356 e. The minimum Gasteiger partial charge on any atom is -0.356 e. The fraction of sp³-hybridized carbons (Fsp3) is 0.789. The van der Waals surface area contributed by atoms with Crippen LogP contribution in [-0.2, 0) is 9.84 Å². The Hall–Kier alpha value is -0.840. The van der Waals surface area contributed by atoms with Gasteiger partial charge in [-0.25, -0.2) is 13.4 Å². The first kappa shape index (κ1) is 23.4. The van der Waals surface area contributed by atoms with E-state index in [1.54, 1.807) is 0 Å². The molecule has 1 aromatic rings. The third-order valence-electron chi connectivity index (χ3n) is 5.61. The first-order chi connectivity index (χ1) is 12.8. The van der Waals surface area contributed by atoms with E-state index in [1.165, 1.54) is 0 Å². The van der Waals surface area contributed by atoms with Crippen LogP contribution in [0.1, 0.15) is 39.7 Å². The van der Waals surface area contributed by atoms with Gasteiger partial charge < -0.3 is 14.8 Å². The van der Waals surface area contributed by atoms with Crippen molar-refractivity contribution in [2.24, 2.45) is 22.7 Å². The van der Waals surface area contributed by atoms with Gasteiger partial charge in [-0.2, -0.15) is 0 Å². The molecule has 3 unspecified atom stereocenters. The monoisotopic (exact) mass is 523 g/mol. The van der Waals surface area contributed by atoms with Crippen molar-refractivity contribution < 1.29 is 8.42 Å². The lowest BCUT2D eigenvalue weighted by molar-refractivity contribution is 0.188. The molecule has 3 heterocycles. The summed E-state index contributed by atoms with van der Waals surface area (Å²) in [6.45, 7) is 9.94. The molecule has 0 aliphatic carbocycles. The number of likely N-dealkylation sites (tertiary alicyclic amines) is 1. The molecule has 1 N–H and O–H groups in total. The summed E-state index contributed by atoms with van der Waals surface area (Å²) in [7, 11) is -2.84. The van der Waals surface area contributed by atoms with Crippen LogP contribution in [0.15, 0.2) is 23.7 Å². The van der Waals surface area contributed by atoms with Crippen LogP contribution in [0, 0.1) is 17.8 Å². The van der Waals surface area contributed by atoms with E-state index >= 15 is 0 Å². The van der Waals surface area contributed by atoms with Gasteiger partial charge >= 0.3 is 0 Å². The molecule has 0 bridgehead atoms. The van der Waals surface area contributed by atoms with Gasteiger partial charge in [0.25, 0.3) is 0 Å². The Morgan fingerprint density at radius 1 is 1.36 bits per heavy atom. The summed E-state index contributed by atoms with van der Waals surface area (Å²) in [5.41, 5.74) is 0. The summed E-state index contributed by atoms with van der Waals surface area (Å²) in [6.07, 6.45) is 7.61. The maximum Gasteiger partial charge on any atom is 0.194 e. The van der Waals surface area contributed by atoms with Crippen LogP contribution in [0.25, 0.3) is 0 Å². The predicted octanol–water partition coefficient (Wildman–Crippen LogP) is 2.42. The molecule has 7 nitrogen and oxygen atoms in total. The second-order valence-corrected chi connectivity index (χ2v) is 10.7. The quantitative estimate of drug-likeness (QED) is 0.365. The number of nitrogens with zero attached hydrogens (tertiary/aromatic N) is 4. The molecule has 0 radical (unpaired) electrons. The lowest BCUT2D eigenvalue weighted by Gasteiger charge is -2.39. The number of imidazole rings is 1. The summed E-state index contributed by atoms with van der Waals surface area (Å²) >= 11 is 0. The normalized spacial score (nSPS) is 27.6. The van der Waals surface area contributed by atoms with Gasteiger partial charge in [-0.1, -0.05) is 20.8 Å². The molecule has 0 saturated carbocycles. The van der Waals surface area contributed by atoms with Crippen molar-refractivity contribution in [2.45, 2.75) is 39.7 Å². The highest BCUT2D eigenvalue weighted by molar-refractivity contribution is 14.0. The van der Waals surface area contributed by atoms with Crippen LogP contribution in [0.4, 0.5) is 0 Å². The van der Waals surface area contributed by atoms with Crippen molar-refractivity contribution in [1.82, 2.24) is 19.8 Å². The van der Waals surface area contributed by atoms with Crippen LogP contribution in [0.2, 0.25) is 0 Å². The molecule has 0 amide bonds. The van der Waals surface area contributed by atoms with Gasteiger partial charge in [0.15, 0.2) is 15.8 Å². The number of aromatic nitrogens is 2. The van der Waals surface area contributed by atoms with Crippen molar-refractivity contribution in [3.8, 4) is 0 Å². The van der Waals surface area contributed by atoms with Crippen LogP contribution in [0.3, 0.4) is 0 Å². The molecule has 2 aliphatic heterocycles. The van der Waals surface area contributed by atoms with Gasteiger partial charge in [-0.3, -0.25) is 4.99 Å². The van der Waals surface area contributed by atoms with Gasteiger partial charge in [-0.15, -0.1) is 24.0 Å². The fourth-order valence-electron chi connectivity index (χ4n) is 3.90. The van der Waals surface area contributed by atoms with E-state index in [-0.39, 0.29) is 29.9 Å². The Balaban J connectivity index is 0.00000280. The standard InChI is InChI=1S/C19H33N5O2S.HI/c1-15(2)10-21-19(22-11-17-5-9-27(25,26)13-17)23-7-4-16(3)18(12-23)24-8-6-20-14-24;/h6,8,14-18H,4-5,7,9-13H2,1-3H3,(H,21,22);1H. The van der Waals surface area contributed by atoms with Crippen molar-refractivity contribution in [1.29, 1.82) is 0 Å². The number of hydrogen-bond donors (Lipinski definition) is 1. The maximum atomic E-state index is 11.7. The lowest BCUT2D eigenvalue weighted by Crippen LogP contribution is -2.50. The Morgan fingerprint density at radius 2 is 2.14 bits per heavy atom. The van der Waals surface area contributed by atoms with Crippen LogP contribution in [0.5, 0.6) is 0 Å². The molecule has 2 aliphatic rings. The fourth-order valence-corrected chi connectivity index (χ4v) is 5.76. The van der Waals surface area contributed by atoms with E-state index in [2.05, 4.69) is 40.5 Å². The van der Waals surface area contributed by atoms with Crippen molar-refractivity contribution in [2.75, 3.05) is 37.7 Å².